The Kier molecular flexibility index (Phi) is 6.01. The van der Waals surface area contributed by atoms with Gasteiger partial charge in [0, 0.05) is 53.0 Å². The van der Waals surface area contributed by atoms with Gasteiger partial charge in [0.15, 0.2) is 17.5 Å². The summed E-state index contributed by atoms with van der Waals surface area (Å²) >= 11 is 1.79. The van der Waals surface area contributed by atoms with Gasteiger partial charge in [-0.15, -0.1) is 11.3 Å². The smallest absolute Gasteiger partial charge is 0.164 e. The quantitative estimate of drug-likeness (QED) is 0.194. The fraction of sp³-hybridized carbons (Fsp3) is 0. The molecule has 0 amide bonds. The Balaban J connectivity index is 1.24. The normalized spacial score (nSPS) is 11.8. The first-order valence-corrected chi connectivity index (χ1v) is 16.8. The van der Waals surface area contributed by atoms with Crippen LogP contribution in [-0.2, 0) is 0 Å². The molecule has 0 aliphatic rings. The van der Waals surface area contributed by atoms with Crippen LogP contribution >= 0.6 is 11.3 Å². The molecule has 0 spiro atoms. The van der Waals surface area contributed by atoms with Crippen molar-refractivity contribution in [2.45, 2.75) is 0 Å². The zero-order chi connectivity index (χ0) is 31.6. The van der Waals surface area contributed by atoms with Gasteiger partial charge >= 0.3 is 0 Å². The molecule has 0 N–H and O–H groups in total. The summed E-state index contributed by atoms with van der Waals surface area (Å²) in [6.45, 7) is 0. The Morgan fingerprint density at radius 2 is 1.04 bits per heavy atom. The predicted molar refractivity (Wildman–Crippen MR) is 199 cm³/mol. The van der Waals surface area contributed by atoms with Gasteiger partial charge in [-0.1, -0.05) is 121 Å². The van der Waals surface area contributed by atoms with Gasteiger partial charge in [0.1, 0.15) is 11.2 Å². The first-order valence-electron chi connectivity index (χ1n) is 15.9. The van der Waals surface area contributed by atoms with E-state index in [1.807, 2.05) is 36.4 Å². The average Bonchev–Trinajstić information content (AvgIpc) is 3.73. The number of hydrogen-bond acceptors (Lipinski definition) is 5. The minimum Gasteiger partial charge on any atom is -0.455 e. The first kappa shape index (κ1) is 27.0. The Labute approximate surface area is 279 Å². The van der Waals surface area contributed by atoms with E-state index in [0.29, 0.717) is 17.5 Å². The van der Waals surface area contributed by atoms with E-state index in [9.17, 15) is 0 Å². The molecule has 3 aromatic heterocycles. The van der Waals surface area contributed by atoms with Crippen LogP contribution in [0.2, 0.25) is 0 Å². The van der Waals surface area contributed by atoms with Crippen LogP contribution < -0.4 is 0 Å². The summed E-state index contributed by atoms with van der Waals surface area (Å²) in [5, 5.41) is 6.66. The zero-order valence-corrected chi connectivity index (χ0v) is 26.4. The molecule has 0 saturated heterocycles. The summed E-state index contributed by atoms with van der Waals surface area (Å²) in [6, 6.07) is 52.7. The first-order chi connectivity index (χ1) is 23.8. The number of thiophene rings is 1. The highest BCUT2D eigenvalue weighted by atomic mass is 32.1. The van der Waals surface area contributed by atoms with Crippen LogP contribution in [0.5, 0.6) is 0 Å². The monoisotopic (exact) mass is 631 g/mol. The number of benzene rings is 7. The van der Waals surface area contributed by atoms with Crippen LogP contribution in [0.15, 0.2) is 156 Å². The number of nitrogens with zero attached hydrogens (tertiary/aromatic N) is 3. The highest BCUT2D eigenvalue weighted by Gasteiger charge is 2.21. The minimum atomic E-state index is 0.612. The summed E-state index contributed by atoms with van der Waals surface area (Å²) in [7, 11) is 0. The second-order valence-electron chi connectivity index (χ2n) is 12.0. The maximum atomic E-state index is 6.73. The summed E-state index contributed by atoms with van der Waals surface area (Å²) < 4.78 is 9.21. The maximum absolute atomic E-state index is 6.73. The van der Waals surface area contributed by atoms with Crippen molar-refractivity contribution >= 4 is 64.2 Å². The van der Waals surface area contributed by atoms with E-state index in [1.54, 1.807) is 11.3 Å². The van der Waals surface area contributed by atoms with Gasteiger partial charge in [-0.3, -0.25) is 0 Å². The van der Waals surface area contributed by atoms with Crippen molar-refractivity contribution in [2.75, 3.05) is 0 Å². The molecular formula is C43H25N3OS. The van der Waals surface area contributed by atoms with Crippen molar-refractivity contribution in [1.29, 1.82) is 0 Å². The van der Waals surface area contributed by atoms with E-state index in [2.05, 4.69) is 115 Å². The van der Waals surface area contributed by atoms with Crippen molar-refractivity contribution in [3.63, 3.8) is 0 Å². The van der Waals surface area contributed by atoms with Crippen LogP contribution in [0.25, 0.3) is 98.2 Å². The molecule has 7 aromatic carbocycles. The van der Waals surface area contributed by atoms with E-state index in [4.69, 9.17) is 19.4 Å². The van der Waals surface area contributed by atoms with Gasteiger partial charge in [-0.05, 0) is 46.8 Å². The van der Waals surface area contributed by atoms with Gasteiger partial charge in [0.25, 0.3) is 0 Å². The van der Waals surface area contributed by atoms with Crippen molar-refractivity contribution < 1.29 is 4.42 Å². The number of rotatable bonds is 4. The van der Waals surface area contributed by atoms with Gasteiger partial charge in [0.2, 0.25) is 0 Å². The van der Waals surface area contributed by atoms with Crippen LogP contribution in [0.1, 0.15) is 0 Å². The molecule has 224 valence electrons. The van der Waals surface area contributed by atoms with Crippen LogP contribution in [0, 0.1) is 0 Å². The molecule has 0 aliphatic carbocycles. The van der Waals surface area contributed by atoms with Gasteiger partial charge < -0.3 is 4.42 Å². The van der Waals surface area contributed by atoms with E-state index in [0.717, 1.165) is 60.5 Å². The van der Waals surface area contributed by atoms with Crippen LogP contribution in [0.3, 0.4) is 0 Å². The van der Waals surface area contributed by atoms with Crippen molar-refractivity contribution in [3.05, 3.63) is 152 Å². The SMILES string of the molecule is c1ccc(-c2ccc3c(c2)oc2c4ccccc4cc(-c4nc(-c5ccccc5)nc(-c5ccc6c(c5)sc5ccccc56)n4)c32)cc1. The standard InChI is InChI=1S/C43H25N3OS/c1-3-11-26(12-4-1)28-19-22-34-36(24-28)47-40-31-16-8-7-15-29(31)23-35(39(34)40)43-45-41(27-13-5-2-6-14-27)44-42(46-43)30-20-21-33-32-17-9-10-18-37(32)48-38(33)25-30/h1-25H. The topological polar surface area (TPSA) is 51.8 Å². The fourth-order valence-corrected chi connectivity index (χ4v) is 7.95. The molecule has 48 heavy (non-hydrogen) atoms. The van der Waals surface area contributed by atoms with Gasteiger partial charge in [0.05, 0.1) is 0 Å². The fourth-order valence-electron chi connectivity index (χ4n) is 6.80. The average molecular weight is 632 g/mol. The molecule has 3 heterocycles. The van der Waals surface area contributed by atoms with Crippen molar-refractivity contribution in [1.82, 2.24) is 15.0 Å². The molecule has 0 saturated carbocycles. The Hall–Kier alpha value is -6.17. The third-order valence-corrected chi connectivity index (χ3v) is 10.3. The van der Waals surface area contributed by atoms with Crippen LogP contribution in [-0.4, -0.2) is 15.0 Å². The Morgan fingerprint density at radius 1 is 0.417 bits per heavy atom. The lowest BCUT2D eigenvalue weighted by Crippen LogP contribution is -2.00. The number of hydrogen-bond donors (Lipinski definition) is 0. The molecule has 0 radical (unpaired) electrons. The highest BCUT2D eigenvalue weighted by molar-refractivity contribution is 7.25. The minimum absolute atomic E-state index is 0.612. The molecule has 5 heteroatoms. The van der Waals surface area contributed by atoms with Crippen LogP contribution in [0.4, 0.5) is 0 Å². The molecule has 0 bridgehead atoms. The van der Waals surface area contributed by atoms with Crippen molar-refractivity contribution in [2.24, 2.45) is 0 Å². The lowest BCUT2D eigenvalue weighted by molar-refractivity contribution is 0.673. The molecule has 0 atom stereocenters. The summed E-state index contributed by atoms with van der Waals surface area (Å²) in [6.07, 6.45) is 0. The Morgan fingerprint density at radius 3 is 1.88 bits per heavy atom. The molecule has 0 aliphatic heterocycles. The second-order valence-corrected chi connectivity index (χ2v) is 13.1. The van der Waals surface area contributed by atoms with E-state index in [-0.39, 0.29) is 0 Å². The van der Waals surface area contributed by atoms with E-state index < -0.39 is 0 Å². The van der Waals surface area contributed by atoms with E-state index in [1.165, 1.54) is 20.2 Å². The molecule has 10 rings (SSSR count). The number of furan rings is 1. The van der Waals surface area contributed by atoms with E-state index >= 15 is 0 Å². The number of fused-ring (bicyclic) bond motifs is 8. The lowest BCUT2D eigenvalue weighted by Gasteiger charge is -2.11. The highest BCUT2D eigenvalue weighted by Crippen LogP contribution is 2.42. The number of aromatic nitrogens is 3. The van der Waals surface area contributed by atoms with Gasteiger partial charge in [-0.2, -0.15) is 0 Å². The lowest BCUT2D eigenvalue weighted by atomic mass is 9.98. The largest absolute Gasteiger partial charge is 0.455 e. The second kappa shape index (κ2) is 10.7. The summed E-state index contributed by atoms with van der Waals surface area (Å²) in [5.41, 5.74) is 6.73. The molecule has 4 nitrogen and oxygen atoms in total. The summed E-state index contributed by atoms with van der Waals surface area (Å²) in [5.74, 6) is 1.88. The third kappa shape index (κ3) is 4.33. The third-order valence-electron chi connectivity index (χ3n) is 9.12. The molecule has 0 unspecified atom stereocenters. The van der Waals surface area contributed by atoms with Gasteiger partial charge in [-0.25, -0.2) is 15.0 Å². The van der Waals surface area contributed by atoms with Crippen molar-refractivity contribution in [3.8, 4) is 45.3 Å². The molecule has 0 fully saturated rings. The maximum Gasteiger partial charge on any atom is 0.164 e. The zero-order valence-electron chi connectivity index (χ0n) is 25.6. The Bertz CT molecular complexity index is 2840. The molecule has 10 aromatic rings. The molecular weight excluding hydrogens is 607 g/mol. The summed E-state index contributed by atoms with van der Waals surface area (Å²) in [4.78, 5) is 15.4. The predicted octanol–water partition coefficient (Wildman–Crippen LogP) is 12.0.